The first-order chi connectivity index (χ1) is 7.58. The van der Waals surface area contributed by atoms with Crippen LogP contribution < -0.4 is 11.5 Å². The van der Waals surface area contributed by atoms with Gasteiger partial charge >= 0.3 is 0 Å². The Morgan fingerprint density at radius 3 is 2.12 bits per heavy atom. The van der Waals surface area contributed by atoms with Gasteiger partial charge < -0.3 is 11.5 Å². The van der Waals surface area contributed by atoms with E-state index >= 15 is 0 Å². The van der Waals surface area contributed by atoms with Gasteiger partial charge in [-0.2, -0.15) is 0 Å². The molecule has 6 unspecified atom stereocenters. The molecule has 6 atom stereocenters. The van der Waals surface area contributed by atoms with Crippen molar-refractivity contribution in [1.29, 1.82) is 0 Å². The molecule has 0 aromatic rings. The van der Waals surface area contributed by atoms with Crippen molar-refractivity contribution in [2.24, 2.45) is 29.2 Å². The topological polar surface area (TPSA) is 52.0 Å². The van der Waals surface area contributed by atoms with Gasteiger partial charge in [0.05, 0.1) is 0 Å². The van der Waals surface area contributed by atoms with Crippen molar-refractivity contribution >= 4 is 22.6 Å². The van der Waals surface area contributed by atoms with Gasteiger partial charge in [0.25, 0.3) is 0 Å². The summed E-state index contributed by atoms with van der Waals surface area (Å²) in [6.45, 7) is 2.41. The third kappa shape index (κ3) is 2.91. The van der Waals surface area contributed by atoms with Crippen molar-refractivity contribution in [3.05, 3.63) is 0 Å². The maximum Gasteiger partial charge on any atom is 0.0195 e. The van der Waals surface area contributed by atoms with Gasteiger partial charge in [-0.1, -0.05) is 29.5 Å². The second-order valence-electron chi connectivity index (χ2n) is 5.97. The minimum atomic E-state index is 0.256. The third-order valence-electron chi connectivity index (χ3n) is 4.77. The molecule has 4 N–H and O–H groups in total. The summed E-state index contributed by atoms with van der Waals surface area (Å²) < 4.78 is 0.897. The number of alkyl halides is 1. The lowest BCUT2D eigenvalue weighted by Crippen LogP contribution is -2.47. The van der Waals surface area contributed by atoms with E-state index < -0.39 is 0 Å². The molecule has 3 heteroatoms. The van der Waals surface area contributed by atoms with Gasteiger partial charge in [-0.05, 0) is 56.3 Å². The van der Waals surface area contributed by atoms with E-state index in [9.17, 15) is 0 Å². The van der Waals surface area contributed by atoms with Crippen molar-refractivity contribution in [3.8, 4) is 0 Å². The zero-order valence-corrected chi connectivity index (χ0v) is 12.4. The van der Waals surface area contributed by atoms with Gasteiger partial charge in [0.15, 0.2) is 0 Å². The van der Waals surface area contributed by atoms with E-state index in [0.29, 0.717) is 0 Å². The highest BCUT2D eigenvalue weighted by Gasteiger charge is 2.34. The molecule has 2 fully saturated rings. The third-order valence-corrected chi connectivity index (χ3v) is 6.62. The van der Waals surface area contributed by atoms with Crippen LogP contribution in [0.25, 0.3) is 0 Å². The Kier molecular flexibility index (Phi) is 4.52. The lowest BCUT2D eigenvalue weighted by Gasteiger charge is -2.40. The molecule has 0 bridgehead atoms. The van der Waals surface area contributed by atoms with Crippen LogP contribution in [0.5, 0.6) is 0 Å². The minimum Gasteiger partial charge on any atom is -0.326 e. The van der Waals surface area contributed by atoms with Crippen molar-refractivity contribution < 1.29 is 0 Å². The van der Waals surface area contributed by atoms with Crippen LogP contribution in [0.3, 0.4) is 0 Å². The summed E-state index contributed by atoms with van der Waals surface area (Å²) in [4.78, 5) is 0. The van der Waals surface area contributed by atoms with Crippen LogP contribution in [0.1, 0.15) is 45.4 Å². The molecule has 2 aliphatic rings. The van der Waals surface area contributed by atoms with E-state index in [1.54, 1.807) is 0 Å². The van der Waals surface area contributed by atoms with Crippen molar-refractivity contribution in [1.82, 2.24) is 0 Å². The first-order valence-electron chi connectivity index (χ1n) is 6.73. The van der Waals surface area contributed by atoms with Gasteiger partial charge in [0.2, 0.25) is 0 Å². The number of hydrogen-bond donors (Lipinski definition) is 2. The van der Waals surface area contributed by atoms with Crippen molar-refractivity contribution in [2.45, 2.75) is 61.5 Å². The molecule has 0 aromatic heterocycles. The predicted molar refractivity (Wildman–Crippen MR) is 77.6 cm³/mol. The average molecular weight is 336 g/mol. The summed E-state index contributed by atoms with van der Waals surface area (Å²) in [7, 11) is 0. The minimum absolute atomic E-state index is 0.256. The summed E-state index contributed by atoms with van der Waals surface area (Å²) in [6.07, 6.45) is 7.88. The predicted octanol–water partition coefficient (Wildman–Crippen LogP) is 2.68. The number of nitrogens with two attached hydrogens (primary N) is 2. The summed E-state index contributed by atoms with van der Waals surface area (Å²) in [6, 6.07) is 0.515. The standard InChI is InChI=1S/C13H25IN2/c1-8-6-9(2-4-11(8)14)10-3-5-12(15)13(16)7-10/h8-13H,2-7,15-16H2,1H3. The second-order valence-corrected chi connectivity index (χ2v) is 7.57. The van der Waals surface area contributed by atoms with E-state index in [4.69, 9.17) is 11.5 Å². The number of rotatable bonds is 1. The fraction of sp³-hybridized carbons (Fsp3) is 1.00. The van der Waals surface area contributed by atoms with E-state index in [1.165, 1.54) is 32.1 Å². The smallest absolute Gasteiger partial charge is 0.0195 e. The van der Waals surface area contributed by atoms with Gasteiger partial charge in [-0.3, -0.25) is 0 Å². The monoisotopic (exact) mass is 336 g/mol. The molecule has 2 rings (SSSR count). The van der Waals surface area contributed by atoms with E-state index in [0.717, 1.165) is 28.1 Å². The van der Waals surface area contributed by atoms with Gasteiger partial charge in [-0.15, -0.1) is 0 Å². The molecular weight excluding hydrogens is 311 g/mol. The van der Waals surface area contributed by atoms with Crippen LogP contribution in [0.4, 0.5) is 0 Å². The molecule has 0 spiro atoms. The van der Waals surface area contributed by atoms with Gasteiger partial charge in [0.1, 0.15) is 0 Å². The summed E-state index contributed by atoms with van der Waals surface area (Å²) in [5.41, 5.74) is 12.1. The highest BCUT2D eigenvalue weighted by molar-refractivity contribution is 14.1. The fourth-order valence-corrected chi connectivity index (χ4v) is 4.17. The van der Waals surface area contributed by atoms with Crippen LogP contribution in [0, 0.1) is 17.8 Å². The van der Waals surface area contributed by atoms with Crippen LogP contribution in [-0.2, 0) is 0 Å². The summed E-state index contributed by atoms with van der Waals surface area (Å²) >= 11 is 2.63. The van der Waals surface area contributed by atoms with Gasteiger partial charge in [-0.25, -0.2) is 0 Å². The fourth-order valence-electron chi connectivity index (χ4n) is 3.52. The van der Waals surface area contributed by atoms with Crippen LogP contribution in [0.15, 0.2) is 0 Å². The number of hydrogen-bond acceptors (Lipinski definition) is 2. The zero-order chi connectivity index (χ0) is 11.7. The van der Waals surface area contributed by atoms with E-state index in [-0.39, 0.29) is 12.1 Å². The quantitative estimate of drug-likeness (QED) is 0.571. The van der Waals surface area contributed by atoms with Crippen molar-refractivity contribution in [2.75, 3.05) is 0 Å². The molecule has 2 saturated carbocycles. The normalized spacial score (nSPS) is 50.2. The van der Waals surface area contributed by atoms with Crippen molar-refractivity contribution in [3.63, 3.8) is 0 Å². The molecule has 0 aliphatic heterocycles. The molecule has 0 heterocycles. The van der Waals surface area contributed by atoms with Crippen LogP contribution >= 0.6 is 22.6 Å². The molecule has 2 nitrogen and oxygen atoms in total. The Morgan fingerprint density at radius 2 is 1.50 bits per heavy atom. The molecule has 2 aliphatic carbocycles. The maximum absolute atomic E-state index is 6.11. The first kappa shape index (κ1) is 13.1. The second kappa shape index (κ2) is 5.53. The molecule has 94 valence electrons. The Labute approximate surface area is 113 Å². The Bertz CT molecular complexity index is 210. The van der Waals surface area contributed by atoms with E-state index in [1.807, 2.05) is 0 Å². The molecule has 0 saturated heterocycles. The summed E-state index contributed by atoms with van der Waals surface area (Å²) in [5.74, 6) is 2.69. The molecule has 16 heavy (non-hydrogen) atoms. The van der Waals surface area contributed by atoms with E-state index in [2.05, 4.69) is 29.5 Å². The zero-order valence-electron chi connectivity index (χ0n) is 10.2. The highest BCUT2D eigenvalue weighted by atomic mass is 127. The maximum atomic E-state index is 6.11. The lowest BCUT2D eigenvalue weighted by atomic mass is 9.69. The SMILES string of the molecule is CC1CC(C2CCC(N)C(N)C2)CCC1I. The molecule has 0 aromatic carbocycles. The lowest BCUT2D eigenvalue weighted by molar-refractivity contribution is 0.154. The molecular formula is C13H25IN2. The van der Waals surface area contributed by atoms with Gasteiger partial charge in [0, 0.05) is 16.0 Å². The Hall–Kier alpha value is 0.650. The molecule has 0 radical (unpaired) electrons. The van der Waals surface area contributed by atoms with Crippen LogP contribution in [-0.4, -0.2) is 16.0 Å². The average Bonchev–Trinajstić information content (AvgIpc) is 2.26. The van der Waals surface area contributed by atoms with Crippen LogP contribution in [0.2, 0.25) is 0 Å². The number of halogens is 1. The largest absolute Gasteiger partial charge is 0.326 e. The summed E-state index contributed by atoms with van der Waals surface area (Å²) in [5, 5.41) is 0. The first-order valence-corrected chi connectivity index (χ1v) is 7.97. The Morgan fingerprint density at radius 1 is 0.875 bits per heavy atom. The Balaban J connectivity index is 1.88. The molecule has 0 amide bonds. The highest BCUT2D eigenvalue weighted by Crippen LogP contribution is 2.41.